The minimum absolute atomic E-state index is 0. The summed E-state index contributed by atoms with van der Waals surface area (Å²) in [5, 5.41) is 9.51. The Bertz CT molecular complexity index is 1770. The Labute approximate surface area is 280 Å². The number of aryl methyl sites for hydroxylation is 2. The van der Waals surface area contributed by atoms with E-state index in [2.05, 4.69) is 16.9 Å². The molecule has 0 radical (unpaired) electrons. The molecule has 1 N–H and O–H groups in total. The number of hydrogen-bond acceptors (Lipinski definition) is 5. The molecule has 2 heterocycles. The third-order valence-electron chi connectivity index (χ3n) is 8.32. The van der Waals surface area contributed by atoms with E-state index in [4.69, 9.17) is 9.47 Å². The topological polar surface area (TPSA) is 91.4 Å². The van der Waals surface area contributed by atoms with Crippen LogP contribution in [0.5, 0.6) is 11.5 Å². The van der Waals surface area contributed by atoms with Gasteiger partial charge in [-0.3, -0.25) is 4.79 Å². The van der Waals surface area contributed by atoms with E-state index in [-0.39, 0.29) is 37.4 Å². The number of aliphatic carboxylic acids is 1. The summed E-state index contributed by atoms with van der Waals surface area (Å²) in [4.78, 5) is 21.0. The van der Waals surface area contributed by atoms with Crippen molar-refractivity contribution in [3.63, 3.8) is 0 Å². The number of benzene rings is 4. The molecule has 0 fully saturated rings. The van der Waals surface area contributed by atoms with Crippen molar-refractivity contribution in [2.45, 2.75) is 38.4 Å². The van der Waals surface area contributed by atoms with Gasteiger partial charge < -0.3 is 25.1 Å². The summed E-state index contributed by atoms with van der Waals surface area (Å²) in [5.74, 6) is 2.31. The fourth-order valence-corrected chi connectivity index (χ4v) is 5.60. The van der Waals surface area contributed by atoms with Crippen molar-refractivity contribution < 1.29 is 50.4 Å². The molecule has 8 nitrogen and oxygen atoms in total. The standard InChI is InChI=1S/C35H34N4O4.Na.H/c1-35(21-20-34(40)41,24-12-16-26(17-13-24)42-22-32-36-28-8-4-6-10-30(28)38(32)2)25-14-18-27(19-15-25)43-23-33-37-29-9-5-7-11-31(29)39(33)3;;/h4-19H,20-23H2,1-3H3,(H,40,41);;/q;+1;-1. The number of fused-ring (bicyclic) bond motifs is 2. The van der Waals surface area contributed by atoms with Crippen LogP contribution >= 0.6 is 0 Å². The SMILES string of the molecule is Cn1c(COc2ccc(C(C)(CCC(=O)O)c3ccc(OCc4nc5ccccc5n4C)cc3)cc2)nc2ccccc21.[H-].[Na+]. The van der Waals surface area contributed by atoms with E-state index in [0.29, 0.717) is 19.6 Å². The second-order valence-electron chi connectivity index (χ2n) is 11.0. The minimum atomic E-state index is -0.823. The molecule has 2 aromatic heterocycles. The molecule has 0 aliphatic heterocycles. The maximum absolute atomic E-state index is 11.6. The molecule has 9 heteroatoms. The smallest absolute Gasteiger partial charge is 1.00 e. The van der Waals surface area contributed by atoms with Gasteiger partial charge >= 0.3 is 35.5 Å². The molecule has 0 aliphatic carbocycles. The van der Waals surface area contributed by atoms with Crippen LogP contribution in [0.1, 0.15) is 44.0 Å². The average molecular weight is 599 g/mol. The van der Waals surface area contributed by atoms with Gasteiger partial charge in [-0.25, -0.2) is 9.97 Å². The van der Waals surface area contributed by atoms with Crippen molar-refractivity contribution >= 4 is 28.0 Å². The van der Waals surface area contributed by atoms with Gasteiger partial charge in [-0.1, -0.05) is 55.5 Å². The number of nitrogens with zero attached hydrogens (tertiary/aromatic N) is 4. The summed E-state index contributed by atoms with van der Waals surface area (Å²) in [6.07, 6.45) is 0.495. The molecule has 6 rings (SSSR count). The van der Waals surface area contributed by atoms with Crippen LogP contribution in [-0.2, 0) is 37.5 Å². The predicted octanol–water partition coefficient (Wildman–Crippen LogP) is 3.91. The number of rotatable bonds is 11. The number of para-hydroxylation sites is 4. The number of carbonyl (C=O) groups is 1. The summed E-state index contributed by atoms with van der Waals surface area (Å²) in [7, 11) is 3.98. The van der Waals surface area contributed by atoms with E-state index < -0.39 is 11.4 Å². The van der Waals surface area contributed by atoms with Crippen LogP contribution in [-0.4, -0.2) is 30.2 Å². The Morgan fingerprint density at radius 3 is 1.52 bits per heavy atom. The van der Waals surface area contributed by atoms with Crippen molar-refractivity contribution in [1.29, 1.82) is 0 Å². The number of carboxylic acids is 1. The second kappa shape index (κ2) is 13.3. The van der Waals surface area contributed by atoms with Crippen molar-refractivity contribution in [1.82, 2.24) is 19.1 Å². The van der Waals surface area contributed by atoms with Gasteiger partial charge in [0.25, 0.3) is 0 Å². The molecule has 0 saturated carbocycles. The Morgan fingerprint density at radius 1 is 0.727 bits per heavy atom. The van der Waals surface area contributed by atoms with Crippen molar-refractivity contribution in [2.24, 2.45) is 14.1 Å². The Kier molecular flexibility index (Phi) is 9.44. The van der Waals surface area contributed by atoms with Gasteiger partial charge in [-0.05, 0) is 66.1 Å². The molecule has 0 bridgehead atoms. The number of aromatic nitrogens is 4. The van der Waals surface area contributed by atoms with Crippen LogP contribution in [0.25, 0.3) is 22.1 Å². The Morgan fingerprint density at radius 2 is 1.14 bits per heavy atom. The van der Waals surface area contributed by atoms with E-state index in [9.17, 15) is 9.90 Å². The molecule has 6 aromatic rings. The van der Waals surface area contributed by atoms with Crippen molar-refractivity contribution in [2.75, 3.05) is 0 Å². The molecule has 0 atom stereocenters. The second-order valence-corrected chi connectivity index (χ2v) is 11.0. The van der Waals surface area contributed by atoms with Gasteiger partial charge in [-0.15, -0.1) is 0 Å². The summed E-state index contributed by atoms with van der Waals surface area (Å²) in [5.41, 5.74) is 5.50. The first-order valence-corrected chi connectivity index (χ1v) is 14.3. The molecule has 0 unspecified atom stereocenters. The van der Waals surface area contributed by atoms with Gasteiger partial charge in [0.05, 0.1) is 22.1 Å². The van der Waals surface area contributed by atoms with Gasteiger partial charge in [0.15, 0.2) is 0 Å². The quantitative estimate of drug-likeness (QED) is 0.228. The average Bonchev–Trinajstić information content (AvgIpc) is 3.53. The zero-order chi connectivity index (χ0) is 30.0. The zero-order valence-corrected chi connectivity index (χ0v) is 27.5. The first kappa shape index (κ1) is 31.3. The summed E-state index contributed by atoms with van der Waals surface area (Å²) < 4.78 is 16.2. The van der Waals surface area contributed by atoms with Crippen LogP contribution < -0.4 is 39.0 Å². The number of carboxylic acid groups (broad SMARTS) is 1. The third-order valence-corrected chi connectivity index (χ3v) is 8.32. The summed E-state index contributed by atoms with van der Waals surface area (Å²) >= 11 is 0. The fraction of sp³-hybridized carbons (Fsp3) is 0.229. The van der Waals surface area contributed by atoms with E-state index in [1.165, 1.54) is 0 Å². The molecule has 220 valence electrons. The predicted molar refractivity (Wildman–Crippen MR) is 167 cm³/mol. The molecule has 4 aromatic carbocycles. The van der Waals surface area contributed by atoms with Gasteiger partial charge in [0, 0.05) is 25.9 Å². The fourth-order valence-electron chi connectivity index (χ4n) is 5.60. The summed E-state index contributed by atoms with van der Waals surface area (Å²) in [6, 6.07) is 31.8. The zero-order valence-electron chi connectivity index (χ0n) is 26.5. The molecule has 0 spiro atoms. The van der Waals surface area contributed by atoms with Crippen LogP contribution in [0, 0.1) is 0 Å². The van der Waals surface area contributed by atoms with Crippen LogP contribution in [0.15, 0.2) is 97.1 Å². The first-order chi connectivity index (χ1) is 20.8. The van der Waals surface area contributed by atoms with E-state index in [1.807, 2.05) is 120 Å². The minimum Gasteiger partial charge on any atom is -1.00 e. The summed E-state index contributed by atoms with van der Waals surface area (Å²) in [6.45, 7) is 2.77. The molecule has 0 amide bonds. The van der Waals surface area contributed by atoms with Crippen molar-refractivity contribution in [3.8, 4) is 11.5 Å². The van der Waals surface area contributed by atoms with Crippen LogP contribution in [0.2, 0.25) is 0 Å². The molecule has 0 saturated heterocycles. The molecular weight excluding hydrogens is 563 g/mol. The molecule has 0 aliphatic rings. The van der Waals surface area contributed by atoms with Gasteiger partial charge in [0.2, 0.25) is 0 Å². The van der Waals surface area contributed by atoms with Crippen LogP contribution in [0.3, 0.4) is 0 Å². The largest absolute Gasteiger partial charge is 1.00 e. The molecular formula is C35H35N4NaO4. The number of imidazole rings is 2. The number of ether oxygens (including phenoxy) is 2. The van der Waals surface area contributed by atoms with Gasteiger partial charge in [0.1, 0.15) is 36.4 Å². The number of hydrogen-bond donors (Lipinski definition) is 1. The van der Waals surface area contributed by atoms with E-state index >= 15 is 0 Å². The normalized spacial score (nSPS) is 11.4. The van der Waals surface area contributed by atoms with Gasteiger partial charge in [-0.2, -0.15) is 0 Å². The maximum Gasteiger partial charge on any atom is 1.00 e. The Hall–Kier alpha value is -4.11. The third kappa shape index (κ3) is 6.38. The van der Waals surface area contributed by atoms with Crippen molar-refractivity contribution in [3.05, 3.63) is 120 Å². The van der Waals surface area contributed by atoms with E-state index in [0.717, 1.165) is 56.3 Å². The van der Waals surface area contributed by atoms with Crippen LogP contribution in [0.4, 0.5) is 0 Å². The van der Waals surface area contributed by atoms with E-state index in [1.54, 1.807) is 0 Å². The first-order valence-electron chi connectivity index (χ1n) is 14.3. The maximum atomic E-state index is 11.6. The molecule has 44 heavy (non-hydrogen) atoms. The monoisotopic (exact) mass is 598 g/mol. The Balaban J connectivity index is 0.00000230.